The van der Waals surface area contributed by atoms with Crippen LogP contribution in [0.1, 0.15) is 0 Å². The van der Waals surface area contributed by atoms with Crippen molar-refractivity contribution in [3.05, 3.63) is 0 Å². The van der Waals surface area contributed by atoms with Gasteiger partial charge in [0.05, 0.1) is 0 Å². The summed E-state index contributed by atoms with van der Waals surface area (Å²) in [5.41, 5.74) is 0. The first kappa shape index (κ1) is 9.09. The summed E-state index contributed by atoms with van der Waals surface area (Å²) in [4.78, 5) is 8.25. The van der Waals surface area contributed by atoms with Gasteiger partial charge in [-0.2, -0.15) is 0 Å². The van der Waals surface area contributed by atoms with Gasteiger partial charge < -0.3 is 9.90 Å². The van der Waals surface area contributed by atoms with E-state index in [0.29, 0.717) is 0 Å². The Labute approximate surface area is 27.4 Å². The molecule has 0 aliphatic heterocycles. The molecule has 0 saturated heterocycles. The van der Waals surface area contributed by atoms with Crippen LogP contribution in [0.3, 0.4) is 0 Å². The summed E-state index contributed by atoms with van der Waals surface area (Å²) in [7, 11) is 0. The number of carbonyl (C=O) groups excluding carboxylic acids is 1. The van der Waals surface area contributed by atoms with Crippen molar-refractivity contribution in [1.82, 2.24) is 0 Å². The van der Waals surface area contributed by atoms with Crippen molar-refractivity contribution in [2.24, 2.45) is 0 Å². The predicted molar refractivity (Wildman–Crippen MR) is 18.6 cm³/mol. The fourth-order valence-corrected chi connectivity index (χ4v) is 0. The Morgan fingerprint density at radius 2 is 1.75 bits per heavy atom. The van der Waals surface area contributed by atoms with Gasteiger partial charge in [0, 0.05) is 6.47 Å². The Kier molecular flexibility index (Phi) is 29.4. The average molecular weight is 80.0 g/mol. The minimum atomic E-state index is -0.500. The summed E-state index contributed by atoms with van der Waals surface area (Å²) < 4.78 is 0. The SMILES string of the molecule is O=C[O-].[PH4+]. The van der Waals surface area contributed by atoms with Crippen molar-refractivity contribution in [2.75, 3.05) is 0 Å². The maximum absolute atomic E-state index is 8.25. The van der Waals surface area contributed by atoms with Crippen LogP contribution in [0.15, 0.2) is 0 Å². The zero-order chi connectivity index (χ0) is 2.71. The van der Waals surface area contributed by atoms with Crippen LogP contribution in [-0.4, -0.2) is 6.47 Å². The van der Waals surface area contributed by atoms with Crippen LogP contribution >= 0.6 is 9.90 Å². The fourth-order valence-electron chi connectivity index (χ4n) is 0. The molecule has 2 nitrogen and oxygen atoms in total. The van der Waals surface area contributed by atoms with Crippen LogP contribution in [0, 0.1) is 0 Å². The van der Waals surface area contributed by atoms with Crippen molar-refractivity contribution >= 4 is 16.4 Å². The number of hydrogen-bond acceptors (Lipinski definition) is 2. The van der Waals surface area contributed by atoms with Gasteiger partial charge in [0.1, 0.15) is 0 Å². The molecular weight excluding hydrogens is 75.0 g/mol. The second-order valence-corrected chi connectivity index (χ2v) is 0.0962. The summed E-state index contributed by atoms with van der Waals surface area (Å²) in [5.74, 6) is 0. The monoisotopic (exact) mass is 80.0 g/mol. The Bertz CT molecular complexity index is 13.5. The highest BCUT2D eigenvalue weighted by Gasteiger charge is 0.996. The Morgan fingerprint density at radius 3 is 1.75 bits per heavy atom. The van der Waals surface area contributed by atoms with E-state index in [4.69, 9.17) is 9.90 Å². The quantitative estimate of drug-likeness (QED) is 0.253. The normalized spacial score (nSPS) is 3.00. The van der Waals surface area contributed by atoms with E-state index in [9.17, 15) is 0 Å². The topological polar surface area (TPSA) is 40.1 Å². The molecule has 0 aromatic carbocycles. The van der Waals surface area contributed by atoms with Gasteiger partial charge in [-0.3, -0.25) is 0 Å². The van der Waals surface area contributed by atoms with Crippen LogP contribution in [-0.2, 0) is 4.79 Å². The third-order valence-electron chi connectivity index (χ3n) is 0. The van der Waals surface area contributed by atoms with Gasteiger partial charge in [0.25, 0.3) is 0 Å². The van der Waals surface area contributed by atoms with Gasteiger partial charge in [-0.25, -0.2) is 0 Å². The molecule has 0 spiro atoms. The molecular formula is CH5O2P. The van der Waals surface area contributed by atoms with Crippen LogP contribution in [0.25, 0.3) is 0 Å². The molecule has 0 radical (unpaired) electrons. The molecule has 0 heterocycles. The molecule has 0 saturated carbocycles. The lowest BCUT2D eigenvalue weighted by Crippen LogP contribution is -2.01. The highest BCUT2D eigenvalue weighted by Crippen LogP contribution is 0.861. The molecule has 1 atom stereocenters. The molecule has 0 aliphatic carbocycles. The lowest BCUT2D eigenvalue weighted by molar-refractivity contribution is -0.283. The summed E-state index contributed by atoms with van der Waals surface area (Å²) >= 11 is 0. The molecule has 0 fully saturated rings. The number of carbonyl (C=O) groups is 1. The van der Waals surface area contributed by atoms with Crippen molar-refractivity contribution in [3.8, 4) is 0 Å². The molecule has 3 heteroatoms. The largest absolute Gasteiger partial charge is 0.554 e. The second kappa shape index (κ2) is 12.9. The molecule has 0 bridgehead atoms. The predicted octanol–water partition coefficient (Wildman–Crippen LogP) is -1.84. The van der Waals surface area contributed by atoms with E-state index in [1.807, 2.05) is 0 Å². The number of carboxylic acid groups (broad SMARTS) is 1. The van der Waals surface area contributed by atoms with Gasteiger partial charge in [0.15, 0.2) is 0 Å². The molecule has 0 rings (SSSR count). The number of rotatable bonds is 0. The average Bonchev–Trinajstić information content (AvgIpc) is 0.918. The summed E-state index contributed by atoms with van der Waals surface area (Å²) in [5, 5.41) is 8.25. The van der Waals surface area contributed by atoms with Crippen molar-refractivity contribution < 1.29 is 9.90 Å². The highest BCUT2D eigenvalue weighted by atomic mass is 31.0. The summed E-state index contributed by atoms with van der Waals surface area (Å²) in [6, 6.07) is 0. The van der Waals surface area contributed by atoms with Crippen LogP contribution < -0.4 is 5.11 Å². The van der Waals surface area contributed by atoms with Crippen LogP contribution in [0.5, 0.6) is 0 Å². The van der Waals surface area contributed by atoms with Gasteiger partial charge >= 0.3 is 0 Å². The van der Waals surface area contributed by atoms with E-state index >= 15 is 0 Å². The highest BCUT2D eigenvalue weighted by molar-refractivity contribution is 6.92. The molecule has 4 heavy (non-hydrogen) atoms. The molecule has 0 aromatic heterocycles. The van der Waals surface area contributed by atoms with E-state index in [1.54, 1.807) is 0 Å². The van der Waals surface area contributed by atoms with Gasteiger partial charge in [-0.1, -0.05) is 0 Å². The Hall–Kier alpha value is -0.100. The molecule has 1 unspecified atom stereocenters. The third-order valence-corrected chi connectivity index (χ3v) is 0. The van der Waals surface area contributed by atoms with Gasteiger partial charge in [0.2, 0.25) is 0 Å². The Morgan fingerprint density at radius 1 is 1.75 bits per heavy atom. The number of hydrogen-bond donors (Lipinski definition) is 0. The summed E-state index contributed by atoms with van der Waals surface area (Å²) in [6.45, 7) is -0.500. The zero-order valence-corrected chi connectivity index (χ0v) is 4.39. The van der Waals surface area contributed by atoms with Crippen molar-refractivity contribution in [3.63, 3.8) is 0 Å². The molecule has 0 N–H and O–H groups in total. The molecule has 0 aliphatic rings. The van der Waals surface area contributed by atoms with E-state index in [1.165, 1.54) is 0 Å². The van der Waals surface area contributed by atoms with E-state index in [-0.39, 0.29) is 9.90 Å². The zero-order valence-electron chi connectivity index (χ0n) is 2.39. The lowest BCUT2D eigenvalue weighted by Gasteiger charge is -1.52. The molecule has 0 aromatic rings. The van der Waals surface area contributed by atoms with E-state index < -0.39 is 6.47 Å². The summed E-state index contributed by atoms with van der Waals surface area (Å²) in [6.07, 6.45) is 0. The standard InChI is InChI=1S/CH2O2.H3P/c2-1-3;/h1H,(H,2,3);1H3. The minimum Gasteiger partial charge on any atom is -0.554 e. The first-order chi connectivity index (χ1) is 1.41. The third kappa shape index (κ3) is 154. The molecule has 26 valence electrons. The van der Waals surface area contributed by atoms with Gasteiger partial charge in [-0.05, 0) is 9.90 Å². The minimum absolute atomic E-state index is 0. The first-order valence-electron chi connectivity index (χ1n) is 0.471. The Balaban J connectivity index is 0. The first-order valence-corrected chi connectivity index (χ1v) is 0.471. The maximum atomic E-state index is 8.25. The van der Waals surface area contributed by atoms with Crippen molar-refractivity contribution in [2.45, 2.75) is 0 Å². The lowest BCUT2D eigenvalue weighted by atomic mass is 11.7. The van der Waals surface area contributed by atoms with Crippen LogP contribution in [0.4, 0.5) is 0 Å². The van der Waals surface area contributed by atoms with Crippen molar-refractivity contribution in [1.29, 1.82) is 0 Å². The smallest absolute Gasteiger partial charge is 0.0275 e. The van der Waals surface area contributed by atoms with E-state index in [0.717, 1.165) is 0 Å². The van der Waals surface area contributed by atoms with E-state index in [2.05, 4.69) is 0 Å². The second-order valence-electron chi connectivity index (χ2n) is 0.0962. The maximum Gasteiger partial charge on any atom is 0.0275 e. The van der Waals surface area contributed by atoms with Crippen LogP contribution in [0.2, 0.25) is 0 Å². The van der Waals surface area contributed by atoms with Gasteiger partial charge in [-0.15, -0.1) is 0 Å². The molecule has 0 amide bonds. The fraction of sp³-hybridized carbons (Fsp3) is 0.